The Labute approximate surface area is 134 Å². The number of benzene rings is 1. The monoisotopic (exact) mass is 338 g/mol. The molecule has 3 rings (SSSR count). The summed E-state index contributed by atoms with van der Waals surface area (Å²) in [5.41, 5.74) is 1.82. The molecule has 1 N–H and O–H groups in total. The lowest BCUT2D eigenvalue weighted by molar-refractivity contribution is -0.151. The maximum Gasteiger partial charge on any atom is 0.326 e. The molecular weight excluding hydrogens is 320 g/mol. The molecule has 8 heteroatoms. The van der Waals surface area contributed by atoms with Crippen LogP contribution < -0.4 is 0 Å². The Kier molecular flexibility index (Phi) is 4.11. The van der Waals surface area contributed by atoms with Gasteiger partial charge >= 0.3 is 5.97 Å². The van der Waals surface area contributed by atoms with Crippen molar-refractivity contribution < 1.29 is 23.1 Å². The van der Waals surface area contributed by atoms with Crippen molar-refractivity contribution in [2.45, 2.75) is 25.4 Å². The summed E-state index contributed by atoms with van der Waals surface area (Å²) < 4.78 is 24.8. The smallest absolute Gasteiger partial charge is 0.326 e. The number of carbonyl (C=O) groups is 2. The number of fused-ring (bicyclic) bond motifs is 1. The van der Waals surface area contributed by atoms with E-state index in [1.807, 2.05) is 24.3 Å². The topological polar surface area (TPSA) is 95.0 Å². The highest BCUT2D eigenvalue weighted by atomic mass is 32.2. The molecule has 1 saturated heterocycles. The summed E-state index contributed by atoms with van der Waals surface area (Å²) in [5, 5.41) is 9.42. The number of sulfonamides is 1. The first-order chi connectivity index (χ1) is 10.9. The van der Waals surface area contributed by atoms with Crippen molar-refractivity contribution in [2.24, 2.45) is 0 Å². The number of carbonyl (C=O) groups excluding carboxylic acids is 1. The Hall–Kier alpha value is -1.93. The number of carboxylic acid groups (broad SMARTS) is 1. The van der Waals surface area contributed by atoms with Gasteiger partial charge in [0.05, 0.1) is 12.3 Å². The molecule has 2 aliphatic rings. The molecule has 1 aromatic rings. The van der Waals surface area contributed by atoms with Crippen LogP contribution in [0.25, 0.3) is 0 Å². The van der Waals surface area contributed by atoms with E-state index in [9.17, 15) is 23.1 Å². The van der Waals surface area contributed by atoms with E-state index in [2.05, 4.69) is 0 Å². The molecule has 2 aliphatic heterocycles. The Balaban J connectivity index is 1.82. The minimum absolute atomic E-state index is 0.0471. The van der Waals surface area contributed by atoms with E-state index >= 15 is 0 Å². The van der Waals surface area contributed by atoms with Crippen molar-refractivity contribution in [3.8, 4) is 0 Å². The summed E-state index contributed by atoms with van der Waals surface area (Å²) in [7, 11) is -3.38. The van der Waals surface area contributed by atoms with E-state index in [0.29, 0.717) is 13.0 Å². The molecule has 0 aliphatic carbocycles. The lowest BCUT2D eigenvalue weighted by Crippen LogP contribution is -2.51. The second-order valence-electron chi connectivity index (χ2n) is 5.85. The minimum Gasteiger partial charge on any atom is -0.480 e. The molecule has 124 valence electrons. The van der Waals surface area contributed by atoms with E-state index < -0.39 is 27.9 Å². The van der Waals surface area contributed by atoms with Gasteiger partial charge in [0.2, 0.25) is 15.9 Å². The molecule has 7 nitrogen and oxygen atoms in total. The number of nitrogens with zero attached hydrogens (tertiary/aromatic N) is 2. The molecule has 2 heterocycles. The Bertz CT molecular complexity index is 746. The average molecular weight is 338 g/mol. The molecule has 0 spiro atoms. The predicted octanol–water partition coefficient (Wildman–Crippen LogP) is 0.0600. The fourth-order valence-electron chi connectivity index (χ4n) is 3.12. The van der Waals surface area contributed by atoms with Crippen molar-refractivity contribution in [1.29, 1.82) is 0 Å². The highest BCUT2D eigenvalue weighted by Crippen LogP contribution is 2.24. The van der Waals surface area contributed by atoms with E-state index in [1.165, 1.54) is 4.90 Å². The summed E-state index contributed by atoms with van der Waals surface area (Å²) in [6.07, 6.45) is 0.741. The quantitative estimate of drug-likeness (QED) is 0.841. The molecule has 1 unspecified atom stereocenters. The number of amides is 1. The molecular formula is C15H18N2O5S. The fourth-order valence-corrected chi connectivity index (χ4v) is 4.58. The van der Waals surface area contributed by atoms with Gasteiger partial charge in [0.25, 0.3) is 0 Å². The molecule has 1 amide bonds. The SMILES string of the molecule is O=C(O)C1Cc2ccccc2CN1C(=O)CN1CCCS1(=O)=O. The minimum atomic E-state index is -3.38. The van der Waals surface area contributed by atoms with E-state index in [0.717, 1.165) is 15.4 Å². The van der Waals surface area contributed by atoms with E-state index in [4.69, 9.17) is 0 Å². The van der Waals surface area contributed by atoms with Crippen molar-refractivity contribution in [3.63, 3.8) is 0 Å². The third kappa shape index (κ3) is 3.09. The van der Waals surface area contributed by atoms with Gasteiger partial charge < -0.3 is 10.0 Å². The van der Waals surface area contributed by atoms with Crippen molar-refractivity contribution in [2.75, 3.05) is 18.8 Å². The number of aliphatic carboxylic acids is 1. The highest BCUT2D eigenvalue weighted by molar-refractivity contribution is 7.89. The van der Waals surface area contributed by atoms with Crippen molar-refractivity contribution in [1.82, 2.24) is 9.21 Å². The lowest BCUT2D eigenvalue weighted by atomic mass is 9.94. The van der Waals surface area contributed by atoms with Gasteiger partial charge in [0, 0.05) is 19.5 Å². The zero-order valence-corrected chi connectivity index (χ0v) is 13.3. The number of rotatable bonds is 3. The van der Waals surface area contributed by atoms with Gasteiger partial charge in [-0.05, 0) is 17.5 Å². The standard InChI is InChI=1S/C15H18N2O5S/c18-14(10-16-6-3-7-23(16,21)22)17-9-12-5-2-1-4-11(12)8-13(17)15(19)20/h1-2,4-5,13H,3,6-10H2,(H,19,20). The molecule has 0 aromatic heterocycles. The second-order valence-corrected chi connectivity index (χ2v) is 7.94. The first-order valence-corrected chi connectivity index (χ1v) is 9.06. The van der Waals surface area contributed by atoms with E-state index in [1.54, 1.807) is 0 Å². The third-order valence-electron chi connectivity index (χ3n) is 4.37. The number of hydrogen-bond acceptors (Lipinski definition) is 4. The van der Waals surface area contributed by atoms with Crippen molar-refractivity contribution in [3.05, 3.63) is 35.4 Å². The van der Waals surface area contributed by atoms with Crippen LogP contribution in [0.5, 0.6) is 0 Å². The Morgan fingerprint density at radius 1 is 1.22 bits per heavy atom. The third-order valence-corrected chi connectivity index (χ3v) is 6.27. The molecule has 1 atom stereocenters. The summed E-state index contributed by atoms with van der Waals surface area (Å²) in [6, 6.07) is 6.44. The van der Waals surface area contributed by atoms with Crippen molar-refractivity contribution >= 4 is 21.9 Å². The van der Waals surface area contributed by atoms with Crippen LogP contribution >= 0.6 is 0 Å². The molecule has 0 saturated carbocycles. The van der Waals surface area contributed by atoms with Gasteiger partial charge in [-0.2, -0.15) is 4.31 Å². The van der Waals surface area contributed by atoms with Crippen LogP contribution in [-0.2, 0) is 32.6 Å². The van der Waals surface area contributed by atoms with Crippen LogP contribution in [0, 0.1) is 0 Å². The van der Waals surface area contributed by atoms with Crippen LogP contribution in [0.1, 0.15) is 17.5 Å². The Morgan fingerprint density at radius 2 is 1.91 bits per heavy atom. The Morgan fingerprint density at radius 3 is 2.52 bits per heavy atom. The first-order valence-electron chi connectivity index (χ1n) is 7.45. The van der Waals surface area contributed by atoms with Crippen LogP contribution in [0.4, 0.5) is 0 Å². The predicted molar refractivity (Wildman–Crippen MR) is 82.1 cm³/mol. The second kappa shape index (κ2) is 5.93. The van der Waals surface area contributed by atoms with Crippen LogP contribution in [0.3, 0.4) is 0 Å². The summed E-state index contributed by atoms with van der Waals surface area (Å²) in [6.45, 7) is 0.227. The van der Waals surface area contributed by atoms with Crippen LogP contribution in [0.15, 0.2) is 24.3 Å². The zero-order chi connectivity index (χ0) is 16.6. The molecule has 1 aromatic carbocycles. The number of hydrogen-bond donors (Lipinski definition) is 1. The van der Waals surface area contributed by atoms with Crippen LogP contribution in [0.2, 0.25) is 0 Å². The molecule has 0 bridgehead atoms. The van der Waals surface area contributed by atoms with E-state index in [-0.39, 0.29) is 25.3 Å². The van der Waals surface area contributed by atoms with Gasteiger partial charge in [0.1, 0.15) is 6.04 Å². The maximum atomic E-state index is 12.5. The molecule has 1 fully saturated rings. The molecule has 0 radical (unpaired) electrons. The summed E-state index contributed by atoms with van der Waals surface area (Å²) in [5.74, 6) is -1.49. The maximum absolute atomic E-state index is 12.5. The van der Waals surface area contributed by atoms with Crippen LogP contribution in [-0.4, -0.2) is 59.5 Å². The average Bonchev–Trinajstić information content (AvgIpc) is 2.84. The first kappa shape index (κ1) is 15.9. The normalized spacial score (nSPS) is 23.5. The van der Waals surface area contributed by atoms with Gasteiger partial charge in [-0.1, -0.05) is 24.3 Å². The zero-order valence-electron chi connectivity index (χ0n) is 12.5. The van der Waals surface area contributed by atoms with Gasteiger partial charge in [0.15, 0.2) is 0 Å². The highest BCUT2D eigenvalue weighted by Gasteiger charge is 2.37. The lowest BCUT2D eigenvalue weighted by Gasteiger charge is -2.35. The van der Waals surface area contributed by atoms with Gasteiger partial charge in [-0.15, -0.1) is 0 Å². The largest absolute Gasteiger partial charge is 0.480 e. The summed E-state index contributed by atoms with van der Waals surface area (Å²) >= 11 is 0. The van der Waals surface area contributed by atoms with Gasteiger partial charge in [-0.25, -0.2) is 13.2 Å². The number of carboxylic acids is 1. The fraction of sp³-hybridized carbons (Fsp3) is 0.467. The summed E-state index contributed by atoms with van der Waals surface area (Å²) in [4.78, 5) is 25.3. The van der Waals surface area contributed by atoms with Gasteiger partial charge in [-0.3, -0.25) is 4.79 Å². The molecule has 23 heavy (non-hydrogen) atoms.